The number of fused-ring (bicyclic) bond motifs is 1. The third-order valence-electron chi connectivity index (χ3n) is 4.28. The van der Waals surface area contributed by atoms with E-state index in [-0.39, 0.29) is 0 Å². The summed E-state index contributed by atoms with van der Waals surface area (Å²) in [5.41, 5.74) is 2.77. The highest BCUT2D eigenvalue weighted by atomic mass is 16.5. The van der Waals surface area contributed by atoms with Gasteiger partial charge >= 0.3 is 0 Å². The predicted molar refractivity (Wildman–Crippen MR) is 94.8 cm³/mol. The minimum absolute atomic E-state index is 0.588. The topological polar surface area (TPSA) is 66.1 Å². The molecule has 1 fully saturated rings. The van der Waals surface area contributed by atoms with Crippen molar-refractivity contribution in [2.75, 3.05) is 31.6 Å². The van der Waals surface area contributed by atoms with Crippen molar-refractivity contribution in [3.63, 3.8) is 0 Å². The van der Waals surface area contributed by atoms with Crippen molar-refractivity contribution in [2.24, 2.45) is 0 Å². The molecular weight excluding hydrogens is 302 g/mol. The van der Waals surface area contributed by atoms with Crippen LogP contribution in [0.15, 0.2) is 42.7 Å². The molecule has 0 aliphatic carbocycles. The third-order valence-corrected chi connectivity index (χ3v) is 4.28. The van der Waals surface area contributed by atoms with Gasteiger partial charge in [-0.3, -0.25) is 4.90 Å². The molecule has 0 saturated carbocycles. The maximum absolute atomic E-state index is 5.82. The van der Waals surface area contributed by atoms with E-state index in [0.717, 1.165) is 35.6 Å². The number of nitrogens with one attached hydrogen (secondary N) is 2. The standard InChI is InChI=1S/C18H21N5O/c1-2-10-23(9-1)11-12-24-15-5-3-14(4-6-15)21-18-20-13-17-16(22-18)7-8-19-17/h3-8,13,19H,1-2,9-12H2,(H,20,21,22). The number of aromatic nitrogens is 3. The van der Waals surface area contributed by atoms with E-state index in [9.17, 15) is 0 Å². The van der Waals surface area contributed by atoms with Gasteiger partial charge in [-0.05, 0) is 56.3 Å². The molecule has 0 unspecified atom stereocenters. The Morgan fingerprint density at radius 3 is 2.79 bits per heavy atom. The monoisotopic (exact) mass is 323 g/mol. The summed E-state index contributed by atoms with van der Waals surface area (Å²) in [4.78, 5) is 14.3. The lowest BCUT2D eigenvalue weighted by atomic mass is 10.3. The van der Waals surface area contributed by atoms with Crippen LogP contribution in [-0.2, 0) is 0 Å². The molecule has 0 amide bonds. The maximum Gasteiger partial charge on any atom is 0.227 e. The van der Waals surface area contributed by atoms with Gasteiger partial charge in [0, 0.05) is 18.4 Å². The minimum atomic E-state index is 0.588. The summed E-state index contributed by atoms with van der Waals surface area (Å²) in [5, 5.41) is 3.21. The highest BCUT2D eigenvalue weighted by Gasteiger charge is 2.10. The Morgan fingerprint density at radius 1 is 1.12 bits per heavy atom. The van der Waals surface area contributed by atoms with Gasteiger partial charge in [0.1, 0.15) is 12.4 Å². The molecule has 24 heavy (non-hydrogen) atoms. The quantitative estimate of drug-likeness (QED) is 0.729. The fourth-order valence-corrected chi connectivity index (χ4v) is 2.97. The zero-order valence-electron chi connectivity index (χ0n) is 13.5. The Morgan fingerprint density at radius 2 is 1.96 bits per heavy atom. The Hall–Kier alpha value is -2.60. The van der Waals surface area contributed by atoms with Crippen LogP contribution >= 0.6 is 0 Å². The molecule has 6 heteroatoms. The molecule has 1 aliphatic heterocycles. The summed E-state index contributed by atoms with van der Waals surface area (Å²) < 4.78 is 5.82. The fourth-order valence-electron chi connectivity index (χ4n) is 2.97. The number of benzene rings is 1. The molecule has 3 aromatic rings. The predicted octanol–water partition coefficient (Wildman–Crippen LogP) is 3.18. The van der Waals surface area contributed by atoms with E-state index in [1.165, 1.54) is 25.9 Å². The maximum atomic E-state index is 5.82. The first-order valence-electron chi connectivity index (χ1n) is 8.39. The van der Waals surface area contributed by atoms with Gasteiger partial charge in [0.15, 0.2) is 0 Å². The number of rotatable bonds is 6. The molecule has 2 N–H and O–H groups in total. The van der Waals surface area contributed by atoms with Gasteiger partial charge < -0.3 is 15.0 Å². The van der Waals surface area contributed by atoms with E-state index in [4.69, 9.17) is 4.74 Å². The molecule has 1 aromatic carbocycles. The SMILES string of the molecule is c1cc2nc(Nc3ccc(OCCN4CCCC4)cc3)ncc2[nH]1. The highest BCUT2D eigenvalue weighted by molar-refractivity contribution is 5.75. The average Bonchev–Trinajstić information content (AvgIpc) is 3.27. The van der Waals surface area contributed by atoms with Gasteiger partial charge in [0.2, 0.25) is 5.95 Å². The second-order valence-electron chi connectivity index (χ2n) is 6.02. The van der Waals surface area contributed by atoms with Crippen molar-refractivity contribution < 1.29 is 4.74 Å². The number of nitrogens with zero attached hydrogens (tertiary/aromatic N) is 3. The van der Waals surface area contributed by atoms with Crippen LogP contribution < -0.4 is 10.1 Å². The van der Waals surface area contributed by atoms with Crippen LogP contribution in [0.5, 0.6) is 5.75 Å². The smallest absolute Gasteiger partial charge is 0.227 e. The fraction of sp³-hybridized carbons (Fsp3) is 0.333. The number of aromatic amines is 1. The van der Waals surface area contributed by atoms with Crippen molar-refractivity contribution in [2.45, 2.75) is 12.8 Å². The van der Waals surface area contributed by atoms with Crippen LogP contribution in [0.25, 0.3) is 11.0 Å². The molecule has 1 aliphatic rings. The first-order chi connectivity index (χ1) is 11.9. The summed E-state index contributed by atoms with van der Waals surface area (Å²) in [5.74, 6) is 1.48. The lowest BCUT2D eigenvalue weighted by molar-refractivity contribution is 0.238. The molecular formula is C18H21N5O. The average molecular weight is 323 g/mol. The van der Waals surface area contributed by atoms with Gasteiger partial charge in [0.25, 0.3) is 0 Å². The zero-order valence-corrected chi connectivity index (χ0v) is 13.5. The molecule has 0 radical (unpaired) electrons. The number of hydrogen-bond acceptors (Lipinski definition) is 5. The van der Waals surface area contributed by atoms with Crippen LogP contribution in [0.2, 0.25) is 0 Å². The first kappa shape index (κ1) is 15.0. The Bertz CT molecular complexity index is 793. The van der Waals surface area contributed by atoms with Crippen LogP contribution in [0.1, 0.15) is 12.8 Å². The van der Waals surface area contributed by atoms with Gasteiger partial charge in [-0.1, -0.05) is 0 Å². The van der Waals surface area contributed by atoms with Crippen LogP contribution in [-0.4, -0.2) is 46.1 Å². The summed E-state index contributed by atoms with van der Waals surface area (Å²) >= 11 is 0. The summed E-state index contributed by atoms with van der Waals surface area (Å²) in [7, 11) is 0. The summed E-state index contributed by atoms with van der Waals surface area (Å²) in [6.45, 7) is 4.15. The highest BCUT2D eigenvalue weighted by Crippen LogP contribution is 2.19. The van der Waals surface area contributed by atoms with Gasteiger partial charge in [-0.2, -0.15) is 0 Å². The Balaban J connectivity index is 1.32. The molecule has 6 nitrogen and oxygen atoms in total. The number of anilines is 2. The lowest BCUT2D eigenvalue weighted by Crippen LogP contribution is -2.25. The zero-order chi connectivity index (χ0) is 16.2. The number of H-pyrrole nitrogens is 1. The summed E-state index contributed by atoms with van der Waals surface area (Å²) in [6, 6.07) is 9.84. The molecule has 3 heterocycles. The van der Waals surface area contributed by atoms with Crippen LogP contribution in [0.4, 0.5) is 11.6 Å². The van der Waals surface area contributed by atoms with Crippen LogP contribution in [0.3, 0.4) is 0 Å². The summed E-state index contributed by atoms with van der Waals surface area (Å²) in [6.07, 6.45) is 6.27. The molecule has 2 aromatic heterocycles. The largest absolute Gasteiger partial charge is 0.492 e. The Kier molecular flexibility index (Phi) is 4.29. The number of ether oxygens (including phenoxy) is 1. The van der Waals surface area contributed by atoms with Crippen molar-refractivity contribution in [3.05, 3.63) is 42.7 Å². The molecule has 4 rings (SSSR count). The number of likely N-dealkylation sites (tertiary alicyclic amines) is 1. The molecule has 124 valence electrons. The lowest BCUT2D eigenvalue weighted by Gasteiger charge is -2.15. The van der Waals surface area contributed by atoms with Gasteiger partial charge in [-0.25, -0.2) is 9.97 Å². The second kappa shape index (κ2) is 6.88. The molecule has 0 spiro atoms. The van der Waals surface area contributed by atoms with E-state index in [0.29, 0.717) is 5.95 Å². The van der Waals surface area contributed by atoms with Crippen molar-refractivity contribution in [1.82, 2.24) is 19.9 Å². The van der Waals surface area contributed by atoms with E-state index >= 15 is 0 Å². The second-order valence-corrected chi connectivity index (χ2v) is 6.02. The third kappa shape index (κ3) is 3.49. The minimum Gasteiger partial charge on any atom is -0.492 e. The van der Waals surface area contributed by atoms with E-state index in [1.807, 2.05) is 36.5 Å². The Labute approximate surface area is 140 Å². The van der Waals surface area contributed by atoms with Crippen molar-refractivity contribution >= 4 is 22.7 Å². The van der Waals surface area contributed by atoms with Gasteiger partial charge in [-0.15, -0.1) is 0 Å². The van der Waals surface area contributed by atoms with Gasteiger partial charge in [0.05, 0.1) is 17.2 Å². The molecule has 1 saturated heterocycles. The first-order valence-corrected chi connectivity index (χ1v) is 8.39. The molecule has 0 bridgehead atoms. The van der Waals surface area contributed by atoms with E-state index in [2.05, 4.69) is 25.2 Å². The van der Waals surface area contributed by atoms with Crippen molar-refractivity contribution in [3.8, 4) is 5.75 Å². The number of hydrogen-bond donors (Lipinski definition) is 2. The van der Waals surface area contributed by atoms with E-state index in [1.54, 1.807) is 6.20 Å². The van der Waals surface area contributed by atoms with E-state index < -0.39 is 0 Å². The normalized spacial score (nSPS) is 15.0. The molecule has 0 atom stereocenters. The van der Waals surface area contributed by atoms with Crippen molar-refractivity contribution in [1.29, 1.82) is 0 Å². The van der Waals surface area contributed by atoms with Crippen LogP contribution in [0, 0.1) is 0 Å².